The Balaban J connectivity index is 2.54. The Morgan fingerprint density at radius 1 is 1.60 bits per heavy atom. The van der Waals surface area contributed by atoms with Crippen molar-refractivity contribution in [1.29, 1.82) is 0 Å². The van der Waals surface area contributed by atoms with Gasteiger partial charge in [-0.05, 0) is 6.04 Å². The first-order chi connectivity index (χ1) is 2.27. The molecule has 0 bridgehead atoms. The van der Waals surface area contributed by atoms with E-state index < -0.39 is 0 Å². The van der Waals surface area contributed by atoms with Crippen molar-refractivity contribution in [3.05, 3.63) is 0 Å². The van der Waals surface area contributed by atoms with E-state index in [0.717, 1.165) is 0 Å². The zero-order valence-corrected chi connectivity index (χ0v) is 4.58. The molecule has 0 heterocycles. The van der Waals surface area contributed by atoms with Crippen LogP contribution in [-0.4, -0.2) is 16.4 Å². The highest BCUT2D eigenvalue weighted by molar-refractivity contribution is 6.04. The van der Waals surface area contributed by atoms with Crippen molar-refractivity contribution < 1.29 is 0 Å². The van der Waals surface area contributed by atoms with Crippen LogP contribution in [0.25, 0.3) is 0 Å². The van der Waals surface area contributed by atoms with E-state index in [4.69, 9.17) is 0 Å². The van der Waals surface area contributed by atoms with E-state index in [0.29, 0.717) is 6.04 Å². The molecule has 0 saturated carbocycles. The molecular formula is C3H8NSi. The quantitative estimate of drug-likeness (QED) is 0.445. The predicted molar refractivity (Wildman–Crippen MR) is 24.0 cm³/mol. The lowest BCUT2D eigenvalue weighted by Gasteiger charge is -1.95. The number of hydrogen-bond donors (Lipinski definition) is 1. The van der Waals surface area contributed by atoms with E-state index in [1.807, 2.05) is 0 Å². The third-order valence-electron chi connectivity index (χ3n) is 0.289. The molecule has 3 radical (unpaired) electrons. The minimum atomic E-state index is 0.548. The molecule has 0 aromatic carbocycles. The molecule has 0 aliphatic rings. The first kappa shape index (κ1) is 5.18. The standard InChI is InChI=1S/C3H8NSi/c1-3(2)4-5/h3-4H,1-2H3. The minimum Gasteiger partial charge on any atom is -0.338 e. The van der Waals surface area contributed by atoms with Crippen LogP contribution >= 0.6 is 0 Å². The molecule has 0 atom stereocenters. The number of rotatable bonds is 1. The van der Waals surface area contributed by atoms with Crippen LogP contribution in [0.2, 0.25) is 0 Å². The Morgan fingerprint density at radius 2 is 1.80 bits per heavy atom. The van der Waals surface area contributed by atoms with Crippen LogP contribution in [0.1, 0.15) is 13.8 Å². The largest absolute Gasteiger partial charge is 0.338 e. The molecule has 0 unspecified atom stereocenters. The highest BCUT2D eigenvalue weighted by Gasteiger charge is 1.77. The van der Waals surface area contributed by atoms with Gasteiger partial charge in [0, 0.05) is 0 Å². The molecule has 0 aromatic heterocycles. The van der Waals surface area contributed by atoms with Crippen molar-refractivity contribution in [1.82, 2.24) is 4.98 Å². The van der Waals surface area contributed by atoms with Gasteiger partial charge in [-0.25, -0.2) is 0 Å². The van der Waals surface area contributed by atoms with Gasteiger partial charge in [0.1, 0.15) is 10.4 Å². The van der Waals surface area contributed by atoms with Gasteiger partial charge in [-0.2, -0.15) is 0 Å². The SMILES string of the molecule is CC(C)N[Si]. The average Bonchev–Trinajstić information content (AvgIpc) is 1.38. The van der Waals surface area contributed by atoms with Gasteiger partial charge < -0.3 is 4.98 Å². The van der Waals surface area contributed by atoms with Gasteiger partial charge in [-0.1, -0.05) is 13.8 Å². The van der Waals surface area contributed by atoms with E-state index in [1.54, 1.807) is 0 Å². The summed E-state index contributed by atoms with van der Waals surface area (Å²) in [6.45, 7) is 4.12. The van der Waals surface area contributed by atoms with Gasteiger partial charge in [-0.15, -0.1) is 0 Å². The van der Waals surface area contributed by atoms with Gasteiger partial charge in [0.25, 0.3) is 0 Å². The lowest BCUT2D eigenvalue weighted by atomic mass is 10.4. The normalized spacial score (nSPS) is 9.60. The molecule has 0 rings (SSSR count). The minimum absolute atomic E-state index is 0.548. The van der Waals surface area contributed by atoms with Crippen molar-refractivity contribution in [2.45, 2.75) is 19.9 Å². The topological polar surface area (TPSA) is 12.0 Å². The van der Waals surface area contributed by atoms with Crippen LogP contribution in [0.3, 0.4) is 0 Å². The molecule has 0 spiro atoms. The van der Waals surface area contributed by atoms with Crippen molar-refractivity contribution in [3.63, 3.8) is 0 Å². The molecule has 5 heavy (non-hydrogen) atoms. The summed E-state index contributed by atoms with van der Waals surface area (Å²) in [4.78, 5) is 2.83. The summed E-state index contributed by atoms with van der Waals surface area (Å²) in [7, 11) is 3.10. The van der Waals surface area contributed by atoms with Gasteiger partial charge >= 0.3 is 0 Å². The summed E-state index contributed by atoms with van der Waals surface area (Å²) in [5.41, 5.74) is 0. The lowest BCUT2D eigenvalue weighted by molar-refractivity contribution is 0.761. The monoisotopic (exact) mass is 86.0 g/mol. The molecule has 1 nitrogen and oxygen atoms in total. The van der Waals surface area contributed by atoms with Crippen LogP contribution < -0.4 is 4.98 Å². The highest BCUT2D eigenvalue weighted by atomic mass is 28.2. The first-order valence-electron chi connectivity index (χ1n) is 1.69. The molecule has 29 valence electrons. The number of nitrogens with one attached hydrogen (secondary N) is 1. The second-order valence-electron chi connectivity index (χ2n) is 1.30. The van der Waals surface area contributed by atoms with Crippen molar-refractivity contribution in [2.24, 2.45) is 0 Å². The lowest BCUT2D eigenvalue weighted by Crippen LogP contribution is -2.17. The Labute approximate surface area is 36.3 Å². The fourth-order valence-corrected chi connectivity index (χ4v) is 0. The summed E-state index contributed by atoms with van der Waals surface area (Å²) in [6, 6.07) is 0.548. The second-order valence-corrected chi connectivity index (χ2v) is 1.59. The third-order valence-corrected chi connectivity index (χ3v) is 0.866. The van der Waals surface area contributed by atoms with E-state index in [1.165, 1.54) is 0 Å². The Hall–Kier alpha value is 0.177. The maximum absolute atomic E-state index is 3.10. The van der Waals surface area contributed by atoms with Gasteiger partial charge in [-0.3, -0.25) is 0 Å². The van der Waals surface area contributed by atoms with Gasteiger partial charge in [0.15, 0.2) is 0 Å². The maximum Gasteiger partial charge on any atom is 0.140 e. The second kappa shape index (κ2) is 2.42. The molecule has 0 amide bonds. The van der Waals surface area contributed by atoms with E-state index in [2.05, 4.69) is 29.2 Å². The average molecular weight is 86.2 g/mol. The summed E-state index contributed by atoms with van der Waals surface area (Å²) in [5, 5.41) is 0. The van der Waals surface area contributed by atoms with E-state index in [-0.39, 0.29) is 0 Å². The highest BCUT2D eigenvalue weighted by Crippen LogP contribution is 1.66. The molecule has 2 heteroatoms. The molecule has 0 saturated heterocycles. The molecule has 0 aliphatic heterocycles. The van der Waals surface area contributed by atoms with Crippen LogP contribution in [0.4, 0.5) is 0 Å². The zero-order valence-electron chi connectivity index (χ0n) is 3.58. The Kier molecular flexibility index (Phi) is 2.50. The molecule has 0 aromatic rings. The molecule has 0 fully saturated rings. The van der Waals surface area contributed by atoms with Gasteiger partial charge in [0.05, 0.1) is 0 Å². The molecule has 1 N–H and O–H groups in total. The predicted octanol–water partition coefficient (Wildman–Crippen LogP) is 0.0679. The van der Waals surface area contributed by atoms with Crippen LogP contribution in [0, 0.1) is 0 Å². The van der Waals surface area contributed by atoms with Gasteiger partial charge in [0.2, 0.25) is 0 Å². The van der Waals surface area contributed by atoms with Crippen LogP contribution in [-0.2, 0) is 0 Å². The summed E-state index contributed by atoms with van der Waals surface area (Å²) < 4.78 is 0. The first-order valence-corrected chi connectivity index (χ1v) is 2.19. The number of hydrogen-bond acceptors (Lipinski definition) is 1. The fraction of sp³-hybridized carbons (Fsp3) is 1.00. The van der Waals surface area contributed by atoms with E-state index in [9.17, 15) is 0 Å². The van der Waals surface area contributed by atoms with Crippen LogP contribution in [0.15, 0.2) is 0 Å². The van der Waals surface area contributed by atoms with Crippen molar-refractivity contribution >= 4 is 10.4 Å². The van der Waals surface area contributed by atoms with Crippen molar-refractivity contribution in [2.75, 3.05) is 0 Å². The maximum atomic E-state index is 3.10. The molecule has 0 aliphatic carbocycles. The third kappa shape index (κ3) is 4.18. The Bertz CT molecular complexity index is 20.9. The smallest absolute Gasteiger partial charge is 0.140 e. The fourth-order valence-electron chi connectivity index (χ4n) is 0. The van der Waals surface area contributed by atoms with E-state index >= 15 is 0 Å². The summed E-state index contributed by atoms with van der Waals surface area (Å²) in [6.07, 6.45) is 0. The molecular weight excluding hydrogens is 78.1 g/mol. The zero-order chi connectivity index (χ0) is 4.28. The van der Waals surface area contributed by atoms with Crippen LogP contribution in [0.5, 0.6) is 0 Å². The Morgan fingerprint density at radius 3 is 1.80 bits per heavy atom. The summed E-state index contributed by atoms with van der Waals surface area (Å²) in [5.74, 6) is 0. The summed E-state index contributed by atoms with van der Waals surface area (Å²) >= 11 is 0. The van der Waals surface area contributed by atoms with Crippen molar-refractivity contribution in [3.8, 4) is 0 Å².